The Morgan fingerprint density at radius 3 is 2.87 bits per heavy atom. The topological polar surface area (TPSA) is 70.2 Å². The Hall–Kier alpha value is -2.60. The van der Waals surface area contributed by atoms with Crippen LogP contribution in [-0.4, -0.2) is 14.7 Å². The Morgan fingerprint density at radius 2 is 2.13 bits per heavy atom. The Bertz CT molecular complexity index is 888. The number of pyridine rings is 1. The monoisotopic (exact) mass is 331 g/mol. The van der Waals surface area contributed by atoms with Crippen LogP contribution in [0.1, 0.15) is 18.9 Å². The van der Waals surface area contributed by atoms with Crippen LogP contribution in [0.4, 0.5) is 0 Å². The number of rotatable bonds is 4. The average molecular weight is 332 g/mol. The Morgan fingerprint density at radius 1 is 1.30 bits per heavy atom. The summed E-state index contributed by atoms with van der Waals surface area (Å²) < 4.78 is 12.4. The van der Waals surface area contributed by atoms with E-state index in [9.17, 15) is 4.79 Å². The van der Waals surface area contributed by atoms with E-state index in [1.807, 2.05) is 0 Å². The molecule has 3 aromatic rings. The maximum Gasteiger partial charge on any atom is 0.267 e. The number of benzene rings is 1. The molecule has 1 atom stereocenters. The van der Waals surface area contributed by atoms with Crippen molar-refractivity contribution >= 4 is 11.6 Å². The zero-order valence-corrected chi connectivity index (χ0v) is 13.3. The van der Waals surface area contributed by atoms with Gasteiger partial charge >= 0.3 is 0 Å². The first-order chi connectivity index (χ1) is 11.0. The summed E-state index contributed by atoms with van der Waals surface area (Å²) in [5, 5.41) is 4.52. The van der Waals surface area contributed by atoms with E-state index in [0.717, 1.165) is 0 Å². The molecule has 0 saturated carbocycles. The highest BCUT2D eigenvalue weighted by Crippen LogP contribution is 2.24. The highest BCUT2D eigenvalue weighted by molar-refractivity contribution is 6.30. The molecule has 0 bridgehead atoms. The fraction of sp³-hybridized carbons (Fsp3) is 0.188. The standard InChI is InChI=1S/C16H14ClN3O3/c1-10(22-13-5-3-4-12(17)8-13)16-18-15(19-23-16)11-6-7-14(21)20(2)9-11/h3-10H,1-2H3/t10-/m1/s1. The lowest BCUT2D eigenvalue weighted by atomic mass is 10.2. The van der Waals surface area contributed by atoms with E-state index >= 15 is 0 Å². The van der Waals surface area contributed by atoms with Gasteiger partial charge in [-0.3, -0.25) is 4.79 Å². The van der Waals surface area contributed by atoms with Gasteiger partial charge in [0.1, 0.15) is 5.75 Å². The minimum Gasteiger partial charge on any atom is -0.481 e. The summed E-state index contributed by atoms with van der Waals surface area (Å²) in [7, 11) is 1.66. The first kappa shape index (κ1) is 15.3. The summed E-state index contributed by atoms with van der Waals surface area (Å²) in [5.41, 5.74) is 0.590. The number of ether oxygens (including phenoxy) is 1. The van der Waals surface area contributed by atoms with Crippen molar-refractivity contribution in [3.8, 4) is 17.1 Å². The van der Waals surface area contributed by atoms with Crippen molar-refractivity contribution in [3.05, 3.63) is 63.9 Å². The first-order valence-corrected chi connectivity index (χ1v) is 7.33. The molecule has 0 aliphatic rings. The maximum absolute atomic E-state index is 11.4. The largest absolute Gasteiger partial charge is 0.481 e. The minimum absolute atomic E-state index is 0.102. The third-order valence-electron chi connectivity index (χ3n) is 3.24. The van der Waals surface area contributed by atoms with Gasteiger partial charge < -0.3 is 13.8 Å². The fourth-order valence-electron chi connectivity index (χ4n) is 2.04. The second-order valence-electron chi connectivity index (χ2n) is 5.04. The SMILES string of the molecule is C[C@@H](Oc1cccc(Cl)c1)c1nc(-c2ccc(=O)n(C)c2)no1. The molecule has 0 spiro atoms. The summed E-state index contributed by atoms with van der Waals surface area (Å²) in [6.45, 7) is 1.80. The fourth-order valence-corrected chi connectivity index (χ4v) is 2.22. The molecule has 0 fully saturated rings. The van der Waals surface area contributed by atoms with E-state index in [-0.39, 0.29) is 5.56 Å². The Kier molecular flexibility index (Phi) is 4.16. The quantitative estimate of drug-likeness (QED) is 0.734. The Balaban J connectivity index is 1.80. The molecule has 23 heavy (non-hydrogen) atoms. The summed E-state index contributed by atoms with van der Waals surface area (Å²) in [4.78, 5) is 15.7. The predicted octanol–water partition coefficient (Wildman–Crippen LogP) is 3.23. The van der Waals surface area contributed by atoms with Gasteiger partial charge in [0.2, 0.25) is 11.4 Å². The van der Waals surface area contributed by atoms with E-state index in [0.29, 0.717) is 28.1 Å². The molecule has 0 saturated heterocycles. The van der Waals surface area contributed by atoms with Crippen molar-refractivity contribution in [2.24, 2.45) is 7.05 Å². The third-order valence-corrected chi connectivity index (χ3v) is 3.48. The Labute approximate surface area is 137 Å². The molecule has 0 aliphatic carbocycles. The molecule has 0 unspecified atom stereocenters. The van der Waals surface area contributed by atoms with Gasteiger partial charge in [0.15, 0.2) is 6.10 Å². The van der Waals surface area contributed by atoms with Gasteiger partial charge in [0.25, 0.3) is 5.89 Å². The summed E-state index contributed by atoms with van der Waals surface area (Å²) in [6.07, 6.45) is 1.22. The summed E-state index contributed by atoms with van der Waals surface area (Å²) >= 11 is 5.93. The normalized spacial score (nSPS) is 12.1. The molecule has 2 aromatic heterocycles. The van der Waals surface area contributed by atoms with Gasteiger partial charge in [-0.15, -0.1) is 0 Å². The molecule has 6 nitrogen and oxygen atoms in total. The number of aromatic nitrogens is 3. The third kappa shape index (κ3) is 3.43. The van der Waals surface area contributed by atoms with Crippen molar-refractivity contribution in [3.63, 3.8) is 0 Å². The van der Waals surface area contributed by atoms with Crippen LogP contribution in [0.3, 0.4) is 0 Å². The van der Waals surface area contributed by atoms with Crippen LogP contribution in [0.25, 0.3) is 11.4 Å². The van der Waals surface area contributed by atoms with E-state index < -0.39 is 6.10 Å². The zero-order valence-electron chi connectivity index (χ0n) is 12.6. The zero-order chi connectivity index (χ0) is 16.4. The first-order valence-electron chi connectivity index (χ1n) is 6.96. The molecule has 3 rings (SSSR count). The number of hydrogen-bond acceptors (Lipinski definition) is 5. The second-order valence-corrected chi connectivity index (χ2v) is 5.48. The van der Waals surface area contributed by atoms with Crippen molar-refractivity contribution < 1.29 is 9.26 Å². The van der Waals surface area contributed by atoms with Crippen molar-refractivity contribution in [1.29, 1.82) is 0 Å². The lowest BCUT2D eigenvalue weighted by Gasteiger charge is -2.10. The minimum atomic E-state index is -0.428. The van der Waals surface area contributed by atoms with Gasteiger partial charge in [-0.05, 0) is 31.2 Å². The molecule has 0 aliphatic heterocycles. The lowest BCUT2D eigenvalue weighted by molar-refractivity contribution is 0.176. The molecular formula is C16H14ClN3O3. The molecule has 2 heterocycles. The molecule has 0 N–H and O–H groups in total. The van der Waals surface area contributed by atoms with E-state index in [1.54, 1.807) is 50.5 Å². The van der Waals surface area contributed by atoms with Gasteiger partial charge in [-0.1, -0.05) is 22.8 Å². The van der Waals surface area contributed by atoms with Crippen LogP contribution in [0.5, 0.6) is 5.75 Å². The molecule has 1 aromatic carbocycles. The summed E-state index contributed by atoms with van der Waals surface area (Å²) in [5.74, 6) is 1.36. The lowest BCUT2D eigenvalue weighted by Crippen LogP contribution is -2.14. The number of hydrogen-bond donors (Lipinski definition) is 0. The van der Waals surface area contributed by atoms with Crippen molar-refractivity contribution in [1.82, 2.24) is 14.7 Å². The molecule has 0 radical (unpaired) electrons. The predicted molar refractivity (Wildman–Crippen MR) is 85.5 cm³/mol. The van der Waals surface area contributed by atoms with E-state index in [1.165, 1.54) is 10.6 Å². The van der Waals surface area contributed by atoms with E-state index in [4.69, 9.17) is 20.9 Å². The van der Waals surface area contributed by atoms with Crippen molar-refractivity contribution in [2.75, 3.05) is 0 Å². The summed E-state index contributed by atoms with van der Waals surface area (Å²) in [6, 6.07) is 10.2. The van der Waals surface area contributed by atoms with Crippen LogP contribution >= 0.6 is 11.6 Å². The number of nitrogens with zero attached hydrogens (tertiary/aromatic N) is 3. The number of halogens is 1. The second kappa shape index (κ2) is 6.26. The van der Waals surface area contributed by atoms with E-state index in [2.05, 4.69) is 10.1 Å². The van der Waals surface area contributed by atoms with Crippen LogP contribution in [-0.2, 0) is 7.05 Å². The van der Waals surface area contributed by atoms with Crippen LogP contribution in [0.2, 0.25) is 5.02 Å². The highest BCUT2D eigenvalue weighted by atomic mass is 35.5. The average Bonchev–Trinajstić information content (AvgIpc) is 3.00. The van der Waals surface area contributed by atoms with Gasteiger partial charge in [0.05, 0.1) is 0 Å². The molecule has 118 valence electrons. The van der Waals surface area contributed by atoms with Crippen molar-refractivity contribution in [2.45, 2.75) is 13.0 Å². The molecule has 0 amide bonds. The van der Waals surface area contributed by atoms with Crippen LogP contribution in [0.15, 0.2) is 51.9 Å². The smallest absolute Gasteiger partial charge is 0.267 e. The number of aryl methyl sites for hydroxylation is 1. The van der Waals surface area contributed by atoms with Gasteiger partial charge in [0, 0.05) is 29.9 Å². The highest BCUT2D eigenvalue weighted by Gasteiger charge is 2.17. The van der Waals surface area contributed by atoms with Crippen LogP contribution in [0, 0.1) is 0 Å². The molecule has 7 heteroatoms. The van der Waals surface area contributed by atoms with Crippen LogP contribution < -0.4 is 10.3 Å². The van der Waals surface area contributed by atoms with Gasteiger partial charge in [-0.25, -0.2) is 0 Å². The maximum atomic E-state index is 11.4. The van der Waals surface area contributed by atoms with Gasteiger partial charge in [-0.2, -0.15) is 4.98 Å². The molecular weight excluding hydrogens is 318 g/mol.